The second-order valence-corrected chi connectivity index (χ2v) is 8.57. The Morgan fingerprint density at radius 1 is 1.35 bits per heavy atom. The Balaban J connectivity index is 2.13. The second kappa shape index (κ2) is 13.0. The van der Waals surface area contributed by atoms with E-state index in [-0.39, 0.29) is 18.0 Å². The highest BCUT2D eigenvalue weighted by atomic mass is 35.5. The molecule has 2 rings (SSSR count). The number of hydrogen-bond acceptors (Lipinski definition) is 7. The van der Waals surface area contributed by atoms with E-state index in [0.717, 1.165) is 43.9 Å². The molecule has 0 saturated heterocycles. The first-order valence-corrected chi connectivity index (χ1v) is 11.4. The highest BCUT2D eigenvalue weighted by Crippen LogP contribution is 2.37. The van der Waals surface area contributed by atoms with E-state index in [1.165, 1.54) is 0 Å². The number of likely N-dealkylation sites (N-methyl/N-ethyl adjacent to an activating group) is 1. The van der Waals surface area contributed by atoms with E-state index in [9.17, 15) is 4.79 Å². The lowest BCUT2D eigenvalue weighted by molar-refractivity contribution is -0.125. The van der Waals surface area contributed by atoms with Crippen LogP contribution in [0.2, 0.25) is 10.0 Å². The van der Waals surface area contributed by atoms with E-state index >= 15 is 0 Å². The van der Waals surface area contributed by atoms with Gasteiger partial charge in [-0.25, -0.2) is 0 Å². The number of rotatable bonds is 12. The summed E-state index contributed by atoms with van der Waals surface area (Å²) in [5.74, 6) is 1.34. The van der Waals surface area contributed by atoms with Gasteiger partial charge in [0.05, 0.1) is 30.3 Å². The molecule has 0 radical (unpaired) electrons. The molecule has 31 heavy (non-hydrogen) atoms. The first-order valence-electron chi connectivity index (χ1n) is 10.6. The highest BCUT2D eigenvalue weighted by Gasteiger charge is 2.22. The molecular weight excluding hydrogens is 439 g/mol. The Kier molecular flexibility index (Phi) is 10.7. The monoisotopic (exact) mass is 472 g/mol. The summed E-state index contributed by atoms with van der Waals surface area (Å²) in [6.45, 7) is 4.96. The Labute approximate surface area is 194 Å². The van der Waals surface area contributed by atoms with E-state index in [0.29, 0.717) is 35.5 Å². The number of ether oxygens (including phenoxy) is 1. The van der Waals surface area contributed by atoms with Crippen LogP contribution in [0.5, 0.6) is 5.75 Å². The van der Waals surface area contributed by atoms with E-state index in [4.69, 9.17) is 33.7 Å². The molecular formula is C21H34Cl2N6O2. The Morgan fingerprint density at radius 3 is 2.77 bits per heavy atom. The number of guanidine groups is 1. The van der Waals surface area contributed by atoms with Crippen LogP contribution in [-0.4, -0.2) is 69.7 Å². The molecule has 0 aromatic heterocycles. The third kappa shape index (κ3) is 8.03. The van der Waals surface area contributed by atoms with Crippen LogP contribution in [0.4, 0.5) is 0 Å². The van der Waals surface area contributed by atoms with Gasteiger partial charge < -0.3 is 26.4 Å². The molecule has 0 bridgehead atoms. The lowest BCUT2D eigenvalue weighted by Gasteiger charge is -2.24. The molecule has 1 aromatic carbocycles. The fraction of sp³-hybridized carbons (Fsp3) is 0.619. The molecule has 0 spiro atoms. The van der Waals surface area contributed by atoms with Crippen LogP contribution in [0.1, 0.15) is 37.8 Å². The smallest absolute Gasteiger partial charge is 0.237 e. The van der Waals surface area contributed by atoms with E-state index in [1.807, 2.05) is 32.0 Å². The van der Waals surface area contributed by atoms with Gasteiger partial charge in [0, 0.05) is 23.7 Å². The van der Waals surface area contributed by atoms with Crippen LogP contribution >= 0.6 is 23.2 Å². The van der Waals surface area contributed by atoms with Crippen LogP contribution in [0, 0.1) is 0 Å². The summed E-state index contributed by atoms with van der Waals surface area (Å²) in [6.07, 6.45) is 2.20. The van der Waals surface area contributed by atoms with Gasteiger partial charge in [-0.15, -0.1) is 0 Å². The van der Waals surface area contributed by atoms with Crippen molar-refractivity contribution in [2.45, 2.75) is 38.3 Å². The number of aliphatic imine (C=N–C) groups is 1. The van der Waals surface area contributed by atoms with Crippen LogP contribution in [-0.2, 0) is 4.79 Å². The van der Waals surface area contributed by atoms with Gasteiger partial charge in [0.15, 0.2) is 5.96 Å². The van der Waals surface area contributed by atoms with Gasteiger partial charge in [0.1, 0.15) is 5.75 Å². The fourth-order valence-corrected chi connectivity index (χ4v) is 3.68. The lowest BCUT2D eigenvalue weighted by Crippen LogP contribution is -2.42. The Bertz CT molecular complexity index is 760. The molecule has 2 atom stereocenters. The van der Waals surface area contributed by atoms with Crippen molar-refractivity contribution in [3.05, 3.63) is 27.7 Å². The number of benzene rings is 1. The summed E-state index contributed by atoms with van der Waals surface area (Å²) in [6, 6.07) is 3.22. The molecule has 1 aliphatic rings. The fourth-order valence-electron chi connectivity index (χ4n) is 3.11. The zero-order chi connectivity index (χ0) is 22.8. The molecule has 1 aliphatic heterocycles. The summed E-state index contributed by atoms with van der Waals surface area (Å²) in [5.41, 5.74) is 6.46. The standard InChI is InChI=1S/C21H34Cl2N6O2/c1-14(29(2)3)20(30)25-8-4-6-18(28-21-26-9-10-27-21)16-12-15(22)13-17(23)19(16)31-11-5-7-24/h12-14,18H,4-11,24H2,1-3H3,(H,25,30)(H2,26,27,28). The van der Waals surface area contributed by atoms with Gasteiger partial charge in [0.2, 0.25) is 5.91 Å². The minimum absolute atomic E-state index is 0.00736. The summed E-state index contributed by atoms with van der Waals surface area (Å²) >= 11 is 12.8. The molecule has 1 aromatic rings. The summed E-state index contributed by atoms with van der Waals surface area (Å²) in [5, 5.41) is 10.7. The topological polar surface area (TPSA) is 104 Å². The molecule has 8 nitrogen and oxygen atoms in total. The number of amides is 1. The summed E-state index contributed by atoms with van der Waals surface area (Å²) in [7, 11) is 3.77. The van der Waals surface area contributed by atoms with Gasteiger partial charge in [-0.05, 0) is 59.0 Å². The van der Waals surface area contributed by atoms with Crippen molar-refractivity contribution in [1.82, 2.24) is 20.9 Å². The number of nitrogens with two attached hydrogens (primary N) is 1. The van der Waals surface area contributed by atoms with Crippen LogP contribution in [0.25, 0.3) is 0 Å². The van der Waals surface area contributed by atoms with Gasteiger partial charge in [0.25, 0.3) is 0 Å². The maximum Gasteiger partial charge on any atom is 0.237 e. The average molecular weight is 473 g/mol. The number of carbonyl (C=O) groups excluding carboxylic acids is 1. The average Bonchev–Trinajstić information content (AvgIpc) is 3.24. The number of hydrogen-bond donors (Lipinski definition) is 4. The van der Waals surface area contributed by atoms with Gasteiger partial charge in [-0.1, -0.05) is 23.2 Å². The predicted molar refractivity (Wildman–Crippen MR) is 127 cm³/mol. The third-order valence-electron chi connectivity index (χ3n) is 5.12. The Morgan fingerprint density at radius 2 is 2.13 bits per heavy atom. The maximum absolute atomic E-state index is 12.2. The lowest BCUT2D eigenvalue weighted by atomic mass is 10.0. The van der Waals surface area contributed by atoms with Gasteiger partial charge in [-0.3, -0.25) is 14.7 Å². The quantitative estimate of drug-likeness (QED) is 0.347. The van der Waals surface area contributed by atoms with Crippen molar-refractivity contribution in [2.24, 2.45) is 10.7 Å². The summed E-state index contributed by atoms with van der Waals surface area (Å²) in [4.78, 5) is 18.5. The van der Waals surface area contributed by atoms with E-state index in [1.54, 1.807) is 6.07 Å². The van der Waals surface area contributed by atoms with Crippen molar-refractivity contribution in [1.29, 1.82) is 0 Å². The second-order valence-electron chi connectivity index (χ2n) is 7.72. The molecule has 1 amide bonds. The predicted octanol–water partition coefficient (Wildman–Crippen LogP) is 2.16. The first kappa shape index (κ1) is 25.5. The van der Waals surface area contributed by atoms with Crippen LogP contribution < -0.4 is 26.4 Å². The molecule has 0 fully saturated rings. The zero-order valence-corrected chi connectivity index (χ0v) is 20.0. The summed E-state index contributed by atoms with van der Waals surface area (Å²) < 4.78 is 5.97. The number of nitrogens with one attached hydrogen (secondary N) is 3. The largest absolute Gasteiger partial charge is 0.492 e. The van der Waals surface area contributed by atoms with Crippen molar-refractivity contribution in [3.8, 4) is 5.75 Å². The minimum atomic E-state index is -0.180. The van der Waals surface area contributed by atoms with Crippen molar-refractivity contribution < 1.29 is 9.53 Å². The molecule has 1 heterocycles. The molecule has 10 heteroatoms. The SMILES string of the molecule is CC(C(=O)NCCCC(NC1=NCCN1)c1cc(Cl)cc(Cl)c1OCCCN)N(C)C. The molecule has 0 saturated carbocycles. The third-order valence-corrected chi connectivity index (χ3v) is 5.61. The number of halogens is 2. The zero-order valence-electron chi connectivity index (χ0n) is 18.5. The normalized spacial score (nSPS) is 15.3. The molecule has 2 unspecified atom stereocenters. The van der Waals surface area contributed by atoms with Gasteiger partial charge >= 0.3 is 0 Å². The first-order chi connectivity index (χ1) is 14.8. The van der Waals surface area contributed by atoms with Crippen molar-refractivity contribution in [3.63, 3.8) is 0 Å². The molecule has 174 valence electrons. The van der Waals surface area contributed by atoms with Gasteiger partial charge in [-0.2, -0.15) is 0 Å². The van der Waals surface area contributed by atoms with E-state index < -0.39 is 0 Å². The molecule has 5 N–H and O–H groups in total. The van der Waals surface area contributed by atoms with E-state index in [2.05, 4.69) is 20.9 Å². The van der Waals surface area contributed by atoms with Crippen LogP contribution in [0.3, 0.4) is 0 Å². The highest BCUT2D eigenvalue weighted by molar-refractivity contribution is 6.35. The molecule has 0 aliphatic carbocycles. The van der Waals surface area contributed by atoms with Crippen LogP contribution in [0.15, 0.2) is 17.1 Å². The minimum Gasteiger partial charge on any atom is -0.492 e. The number of carbonyl (C=O) groups is 1. The van der Waals surface area contributed by atoms with Crippen molar-refractivity contribution in [2.75, 3.05) is 46.9 Å². The number of nitrogens with zero attached hydrogens (tertiary/aromatic N) is 2. The maximum atomic E-state index is 12.2. The van der Waals surface area contributed by atoms with Crippen molar-refractivity contribution >= 4 is 35.1 Å². The Hall–Kier alpha value is -1.74.